The first-order valence-electron chi connectivity index (χ1n) is 7.98. The van der Waals surface area contributed by atoms with Crippen molar-refractivity contribution in [2.24, 2.45) is 7.05 Å². The van der Waals surface area contributed by atoms with Crippen molar-refractivity contribution in [2.45, 2.75) is 19.2 Å². The Morgan fingerprint density at radius 3 is 2.84 bits per heavy atom. The average Bonchev–Trinajstić information content (AvgIpc) is 3.26. The van der Waals surface area contributed by atoms with Gasteiger partial charge in [0.05, 0.1) is 30.0 Å². The lowest BCUT2D eigenvalue weighted by molar-refractivity contribution is 0.200. The van der Waals surface area contributed by atoms with E-state index in [0.717, 1.165) is 18.1 Å². The Bertz CT molecular complexity index is 935. The number of aryl methyl sites for hydroxylation is 1. The summed E-state index contributed by atoms with van der Waals surface area (Å²) in [6, 6.07) is 7.61. The molecule has 1 aliphatic rings. The maximum absolute atomic E-state index is 10.5. The van der Waals surface area contributed by atoms with Gasteiger partial charge in [0.2, 0.25) is 0 Å². The zero-order valence-corrected chi connectivity index (χ0v) is 13.7. The average molecular weight is 335 g/mol. The van der Waals surface area contributed by atoms with Crippen LogP contribution in [0.3, 0.4) is 0 Å². The third kappa shape index (κ3) is 2.75. The second-order valence-electron chi connectivity index (χ2n) is 6.02. The molecule has 1 N–H and O–H groups in total. The molecule has 4 heterocycles. The van der Waals surface area contributed by atoms with E-state index in [2.05, 4.69) is 26.0 Å². The lowest BCUT2D eigenvalue weighted by Crippen LogP contribution is -2.34. The van der Waals surface area contributed by atoms with E-state index in [-0.39, 0.29) is 0 Å². The Hall–Kier alpha value is -3.18. The van der Waals surface area contributed by atoms with Crippen LogP contribution >= 0.6 is 0 Å². The molecule has 0 bridgehead atoms. The number of fused-ring (bicyclic) bond motifs is 1. The maximum Gasteiger partial charge on any atom is 0.155 e. The highest BCUT2D eigenvalue weighted by Gasteiger charge is 2.24. The van der Waals surface area contributed by atoms with Gasteiger partial charge in [0.15, 0.2) is 6.10 Å². The van der Waals surface area contributed by atoms with E-state index in [0.29, 0.717) is 30.2 Å². The minimum absolute atomic E-state index is 0.547. The summed E-state index contributed by atoms with van der Waals surface area (Å²) in [6.45, 7) is 2.13. The number of pyridine rings is 1. The van der Waals surface area contributed by atoms with E-state index < -0.39 is 6.10 Å². The third-order valence-corrected chi connectivity index (χ3v) is 4.40. The van der Waals surface area contributed by atoms with Gasteiger partial charge in [-0.2, -0.15) is 10.4 Å². The van der Waals surface area contributed by atoms with Crippen LogP contribution in [-0.2, 0) is 20.1 Å². The van der Waals surface area contributed by atoms with Crippen molar-refractivity contribution in [1.82, 2.24) is 24.3 Å². The van der Waals surface area contributed by atoms with Gasteiger partial charge in [0.25, 0.3) is 0 Å². The van der Waals surface area contributed by atoms with Crippen LogP contribution in [0.1, 0.15) is 28.9 Å². The van der Waals surface area contributed by atoms with E-state index in [1.807, 2.05) is 23.9 Å². The highest BCUT2D eigenvalue weighted by Crippen LogP contribution is 2.24. The first-order chi connectivity index (χ1) is 12.2. The number of nitrogens with zero attached hydrogens (tertiary/aromatic N) is 7. The van der Waals surface area contributed by atoms with Crippen LogP contribution in [0.4, 0.5) is 5.82 Å². The Morgan fingerprint density at radius 2 is 2.16 bits per heavy atom. The molecule has 1 aliphatic heterocycles. The van der Waals surface area contributed by atoms with E-state index in [9.17, 15) is 5.11 Å². The number of aliphatic hydroxyl groups excluding tert-OH is 1. The smallest absolute Gasteiger partial charge is 0.155 e. The zero-order chi connectivity index (χ0) is 17.4. The Morgan fingerprint density at radius 1 is 1.28 bits per heavy atom. The summed E-state index contributed by atoms with van der Waals surface area (Å²) in [7, 11) is 1.85. The lowest BCUT2D eigenvalue weighted by Gasteiger charge is -2.28. The molecule has 3 aromatic heterocycles. The van der Waals surface area contributed by atoms with Gasteiger partial charge in [-0.1, -0.05) is 0 Å². The van der Waals surface area contributed by atoms with E-state index in [1.54, 1.807) is 29.2 Å². The molecule has 25 heavy (non-hydrogen) atoms. The van der Waals surface area contributed by atoms with Crippen LogP contribution in [-0.4, -0.2) is 36.0 Å². The fraction of sp³-hybridized carbons (Fsp3) is 0.294. The van der Waals surface area contributed by atoms with Crippen LogP contribution in [0.5, 0.6) is 0 Å². The van der Waals surface area contributed by atoms with Crippen molar-refractivity contribution in [1.29, 1.82) is 5.26 Å². The topological polar surface area (TPSA) is 95.8 Å². The molecule has 0 radical (unpaired) electrons. The fourth-order valence-corrected chi connectivity index (χ4v) is 3.03. The SMILES string of the molecule is Cn1ccnc1[C@@H](O)c1cc2n(n1)CCN(c1ccc(C#N)cn1)C2. The summed E-state index contributed by atoms with van der Waals surface area (Å²) in [4.78, 5) is 10.7. The van der Waals surface area contributed by atoms with Gasteiger partial charge in [-0.3, -0.25) is 4.68 Å². The molecular weight excluding hydrogens is 318 g/mol. The van der Waals surface area contributed by atoms with Gasteiger partial charge in [0.1, 0.15) is 17.7 Å². The Balaban J connectivity index is 1.56. The van der Waals surface area contributed by atoms with Gasteiger partial charge in [-0.15, -0.1) is 0 Å². The molecule has 0 amide bonds. The number of aliphatic hydroxyl groups is 1. The van der Waals surface area contributed by atoms with Crippen molar-refractivity contribution >= 4 is 5.82 Å². The van der Waals surface area contributed by atoms with Gasteiger partial charge < -0.3 is 14.6 Å². The summed E-state index contributed by atoms with van der Waals surface area (Å²) in [6.07, 6.45) is 4.19. The van der Waals surface area contributed by atoms with Crippen molar-refractivity contribution in [3.8, 4) is 6.07 Å². The number of nitriles is 1. The van der Waals surface area contributed by atoms with E-state index in [1.165, 1.54) is 0 Å². The highest BCUT2D eigenvalue weighted by molar-refractivity contribution is 5.43. The lowest BCUT2D eigenvalue weighted by atomic mass is 10.2. The first kappa shape index (κ1) is 15.4. The summed E-state index contributed by atoms with van der Waals surface area (Å²) >= 11 is 0. The summed E-state index contributed by atoms with van der Waals surface area (Å²) in [5.74, 6) is 1.40. The number of aromatic nitrogens is 5. The van der Waals surface area contributed by atoms with Crippen molar-refractivity contribution in [2.75, 3.05) is 11.4 Å². The minimum Gasteiger partial charge on any atom is -0.379 e. The van der Waals surface area contributed by atoms with Gasteiger partial charge in [0, 0.05) is 32.2 Å². The number of anilines is 1. The molecule has 0 aliphatic carbocycles. The standard InChI is InChI=1S/C17H17N7O/c1-22-5-4-19-17(22)16(25)14-8-13-11-23(6-7-24(13)21-14)15-3-2-12(9-18)10-20-15/h2-5,8,10,16,25H,6-7,11H2,1H3/t16-/m0/s1. The number of hydrogen-bond donors (Lipinski definition) is 1. The molecule has 126 valence electrons. The number of hydrogen-bond acceptors (Lipinski definition) is 6. The molecule has 4 rings (SSSR count). The fourth-order valence-electron chi connectivity index (χ4n) is 3.03. The largest absolute Gasteiger partial charge is 0.379 e. The van der Waals surface area contributed by atoms with Gasteiger partial charge in [-0.05, 0) is 18.2 Å². The quantitative estimate of drug-likeness (QED) is 0.767. The first-order valence-corrected chi connectivity index (χ1v) is 7.98. The zero-order valence-electron chi connectivity index (χ0n) is 13.7. The summed E-state index contributed by atoms with van der Waals surface area (Å²) < 4.78 is 3.71. The molecule has 0 fully saturated rings. The molecule has 0 saturated heterocycles. The van der Waals surface area contributed by atoms with Crippen molar-refractivity contribution < 1.29 is 5.11 Å². The predicted molar refractivity (Wildman–Crippen MR) is 89.5 cm³/mol. The van der Waals surface area contributed by atoms with Gasteiger partial charge in [-0.25, -0.2) is 9.97 Å². The van der Waals surface area contributed by atoms with Crippen LogP contribution in [0.25, 0.3) is 0 Å². The normalized spacial score (nSPS) is 14.8. The molecule has 8 nitrogen and oxygen atoms in total. The summed E-state index contributed by atoms with van der Waals surface area (Å²) in [5.41, 5.74) is 2.16. The van der Waals surface area contributed by atoms with Gasteiger partial charge >= 0.3 is 0 Å². The highest BCUT2D eigenvalue weighted by atomic mass is 16.3. The number of imidazole rings is 1. The maximum atomic E-state index is 10.5. The molecule has 1 atom stereocenters. The van der Waals surface area contributed by atoms with Crippen LogP contribution in [0.15, 0.2) is 36.8 Å². The van der Waals surface area contributed by atoms with E-state index in [4.69, 9.17) is 5.26 Å². The molecule has 3 aromatic rings. The van der Waals surface area contributed by atoms with Crippen LogP contribution in [0.2, 0.25) is 0 Å². The Kier molecular flexibility index (Phi) is 3.71. The molecular formula is C17H17N7O. The van der Waals surface area contributed by atoms with Crippen molar-refractivity contribution in [3.63, 3.8) is 0 Å². The molecule has 8 heteroatoms. The molecule has 0 unspecified atom stereocenters. The number of rotatable bonds is 3. The second-order valence-corrected chi connectivity index (χ2v) is 6.02. The molecule has 0 spiro atoms. The Labute approximate surface area is 144 Å². The minimum atomic E-state index is -0.848. The van der Waals surface area contributed by atoms with Crippen LogP contribution in [0, 0.1) is 11.3 Å². The monoisotopic (exact) mass is 335 g/mol. The third-order valence-electron chi connectivity index (χ3n) is 4.40. The molecule has 0 aromatic carbocycles. The van der Waals surface area contributed by atoms with Crippen molar-refractivity contribution in [3.05, 3.63) is 59.6 Å². The predicted octanol–water partition coefficient (Wildman–Crippen LogP) is 0.985. The van der Waals surface area contributed by atoms with E-state index >= 15 is 0 Å². The van der Waals surface area contributed by atoms with Crippen LogP contribution < -0.4 is 4.90 Å². The molecule has 0 saturated carbocycles. The summed E-state index contributed by atoms with van der Waals surface area (Å²) in [5, 5.41) is 23.9. The second kappa shape index (κ2) is 6.03.